The van der Waals surface area contributed by atoms with Gasteiger partial charge in [0.2, 0.25) is 0 Å². The zero-order valence-electron chi connectivity index (χ0n) is 10.7. The maximum Gasteiger partial charge on any atom is 0.123 e. The van der Waals surface area contributed by atoms with E-state index >= 15 is 0 Å². The van der Waals surface area contributed by atoms with Crippen LogP contribution in [0.15, 0.2) is 42.5 Å². The Morgan fingerprint density at radius 3 is 2.28 bits per heavy atom. The molecule has 2 aromatic rings. The van der Waals surface area contributed by atoms with E-state index < -0.39 is 0 Å². The summed E-state index contributed by atoms with van der Waals surface area (Å²) in [5.74, 6) is -0.224. The first-order valence-electron chi connectivity index (χ1n) is 6.00. The van der Waals surface area contributed by atoms with E-state index in [9.17, 15) is 4.39 Å². The van der Waals surface area contributed by atoms with Gasteiger partial charge in [-0.05, 0) is 61.9 Å². The third-order valence-electron chi connectivity index (χ3n) is 2.85. The van der Waals surface area contributed by atoms with Gasteiger partial charge >= 0.3 is 0 Å². The molecule has 0 unspecified atom stereocenters. The minimum atomic E-state index is -0.224. The van der Waals surface area contributed by atoms with E-state index in [0.29, 0.717) is 0 Å². The molecular formula is C15H17FN2. The fourth-order valence-corrected chi connectivity index (χ4v) is 2.08. The third-order valence-corrected chi connectivity index (χ3v) is 2.85. The molecule has 0 atom stereocenters. The van der Waals surface area contributed by atoms with E-state index in [1.807, 2.05) is 19.1 Å². The third kappa shape index (κ3) is 2.62. The first kappa shape index (κ1) is 12.4. The Labute approximate surface area is 107 Å². The molecule has 2 rings (SSSR count). The average Bonchev–Trinajstić information content (AvgIpc) is 2.31. The largest absolute Gasteiger partial charge is 0.399 e. The van der Waals surface area contributed by atoms with Gasteiger partial charge in [0.1, 0.15) is 5.82 Å². The molecule has 0 saturated heterocycles. The van der Waals surface area contributed by atoms with Crippen LogP contribution in [-0.2, 0) is 0 Å². The second-order valence-electron chi connectivity index (χ2n) is 4.32. The molecule has 0 heterocycles. The molecule has 0 radical (unpaired) electrons. The van der Waals surface area contributed by atoms with Crippen LogP contribution >= 0.6 is 0 Å². The second kappa shape index (κ2) is 5.08. The molecule has 0 aliphatic carbocycles. The van der Waals surface area contributed by atoms with Crippen molar-refractivity contribution in [3.05, 3.63) is 53.8 Å². The lowest BCUT2D eigenvalue weighted by atomic mass is 10.1. The lowest BCUT2D eigenvalue weighted by Crippen LogP contribution is -2.16. The van der Waals surface area contributed by atoms with Crippen LogP contribution < -0.4 is 10.6 Å². The zero-order chi connectivity index (χ0) is 13.1. The van der Waals surface area contributed by atoms with Crippen LogP contribution in [0.5, 0.6) is 0 Å². The highest BCUT2D eigenvalue weighted by atomic mass is 19.1. The Hall–Kier alpha value is -2.03. The highest BCUT2D eigenvalue weighted by Crippen LogP contribution is 2.27. The van der Waals surface area contributed by atoms with Crippen molar-refractivity contribution >= 4 is 17.1 Å². The van der Waals surface area contributed by atoms with Gasteiger partial charge in [0.25, 0.3) is 0 Å². The predicted molar refractivity (Wildman–Crippen MR) is 74.7 cm³/mol. The summed E-state index contributed by atoms with van der Waals surface area (Å²) in [6.45, 7) is 4.87. The van der Waals surface area contributed by atoms with E-state index in [0.717, 1.165) is 29.2 Å². The molecule has 0 aliphatic rings. The summed E-state index contributed by atoms with van der Waals surface area (Å²) in [6, 6.07) is 12.4. The zero-order valence-corrected chi connectivity index (χ0v) is 10.7. The van der Waals surface area contributed by atoms with Crippen molar-refractivity contribution in [1.29, 1.82) is 0 Å². The van der Waals surface area contributed by atoms with Crippen molar-refractivity contribution in [2.45, 2.75) is 13.8 Å². The lowest BCUT2D eigenvalue weighted by molar-refractivity contribution is 0.628. The van der Waals surface area contributed by atoms with Gasteiger partial charge in [-0.1, -0.05) is 0 Å². The van der Waals surface area contributed by atoms with Crippen molar-refractivity contribution in [1.82, 2.24) is 0 Å². The Morgan fingerprint density at radius 2 is 1.72 bits per heavy atom. The minimum Gasteiger partial charge on any atom is -0.399 e. The smallest absolute Gasteiger partial charge is 0.123 e. The highest BCUT2D eigenvalue weighted by molar-refractivity contribution is 5.67. The summed E-state index contributed by atoms with van der Waals surface area (Å²) in [5, 5.41) is 0. The molecule has 18 heavy (non-hydrogen) atoms. The fraction of sp³-hybridized carbons (Fsp3) is 0.200. The molecule has 0 spiro atoms. The number of hydrogen-bond acceptors (Lipinski definition) is 2. The van der Waals surface area contributed by atoms with Crippen molar-refractivity contribution in [3.63, 3.8) is 0 Å². The van der Waals surface area contributed by atoms with E-state index in [4.69, 9.17) is 5.73 Å². The summed E-state index contributed by atoms with van der Waals surface area (Å²) < 4.78 is 12.9. The number of rotatable bonds is 3. The second-order valence-corrected chi connectivity index (χ2v) is 4.32. The van der Waals surface area contributed by atoms with Gasteiger partial charge in [0, 0.05) is 23.6 Å². The van der Waals surface area contributed by atoms with E-state index in [1.54, 1.807) is 12.1 Å². The molecule has 0 aromatic heterocycles. The first-order valence-corrected chi connectivity index (χ1v) is 6.00. The number of nitrogens with two attached hydrogens (primary N) is 1. The van der Waals surface area contributed by atoms with Gasteiger partial charge in [-0.2, -0.15) is 0 Å². The van der Waals surface area contributed by atoms with Gasteiger partial charge in [0.15, 0.2) is 0 Å². The quantitative estimate of drug-likeness (QED) is 0.830. The molecule has 0 saturated carbocycles. The van der Waals surface area contributed by atoms with Gasteiger partial charge in [0.05, 0.1) is 0 Å². The van der Waals surface area contributed by atoms with Crippen LogP contribution in [-0.4, -0.2) is 6.54 Å². The molecule has 2 nitrogen and oxygen atoms in total. The number of nitrogens with zero attached hydrogens (tertiary/aromatic N) is 1. The fourth-order valence-electron chi connectivity index (χ4n) is 2.08. The molecule has 0 aliphatic heterocycles. The maximum atomic E-state index is 12.9. The molecule has 0 amide bonds. The Kier molecular flexibility index (Phi) is 3.51. The summed E-state index contributed by atoms with van der Waals surface area (Å²) in [7, 11) is 0. The molecular weight excluding hydrogens is 227 g/mol. The average molecular weight is 244 g/mol. The summed E-state index contributed by atoms with van der Waals surface area (Å²) in [6.07, 6.45) is 0. The summed E-state index contributed by atoms with van der Waals surface area (Å²) in [4.78, 5) is 2.10. The highest BCUT2D eigenvalue weighted by Gasteiger charge is 2.08. The van der Waals surface area contributed by atoms with Crippen molar-refractivity contribution in [3.8, 4) is 0 Å². The number of hydrogen-bond donors (Lipinski definition) is 1. The molecule has 0 fully saturated rings. The standard InChI is InChI=1S/C15H17FN2/c1-3-18(14-6-4-12(16)5-7-14)15-9-11(2)8-13(17)10-15/h4-10H,3,17H2,1-2H3. The Balaban J connectivity index is 2.41. The van der Waals surface area contributed by atoms with Crippen LogP contribution in [0.4, 0.5) is 21.5 Å². The molecule has 0 bridgehead atoms. The first-order chi connectivity index (χ1) is 8.60. The van der Waals surface area contributed by atoms with Crippen LogP contribution in [0.1, 0.15) is 12.5 Å². The minimum absolute atomic E-state index is 0.224. The van der Waals surface area contributed by atoms with Crippen molar-refractivity contribution in [2.75, 3.05) is 17.2 Å². The molecule has 2 N–H and O–H groups in total. The number of halogens is 1. The predicted octanol–water partition coefficient (Wildman–Crippen LogP) is 3.87. The van der Waals surface area contributed by atoms with Crippen LogP contribution in [0.2, 0.25) is 0 Å². The molecule has 2 aromatic carbocycles. The van der Waals surface area contributed by atoms with Gasteiger partial charge in [-0.25, -0.2) is 4.39 Å². The Morgan fingerprint density at radius 1 is 1.06 bits per heavy atom. The van der Waals surface area contributed by atoms with E-state index in [-0.39, 0.29) is 5.82 Å². The summed E-state index contributed by atoms with van der Waals surface area (Å²) in [5.41, 5.74) is 9.72. The number of benzene rings is 2. The van der Waals surface area contributed by atoms with Crippen LogP contribution in [0.25, 0.3) is 0 Å². The van der Waals surface area contributed by atoms with Gasteiger partial charge in [-0.15, -0.1) is 0 Å². The van der Waals surface area contributed by atoms with Gasteiger partial charge in [-0.3, -0.25) is 0 Å². The maximum absolute atomic E-state index is 12.9. The van der Waals surface area contributed by atoms with E-state index in [1.165, 1.54) is 12.1 Å². The van der Waals surface area contributed by atoms with E-state index in [2.05, 4.69) is 17.9 Å². The number of aryl methyl sites for hydroxylation is 1. The van der Waals surface area contributed by atoms with Crippen molar-refractivity contribution < 1.29 is 4.39 Å². The Bertz CT molecular complexity index is 514. The van der Waals surface area contributed by atoms with Crippen molar-refractivity contribution in [2.24, 2.45) is 0 Å². The molecule has 94 valence electrons. The topological polar surface area (TPSA) is 29.3 Å². The molecule has 3 heteroatoms. The lowest BCUT2D eigenvalue weighted by Gasteiger charge is -2.24. The SMILES string of the molecule is CCN(c1ccc(F)cc1)c1cc(C)cc(N)c1. The van der Waals surface area contributed by atoms with Crippen LogP contribution in [0.3, 0.4) is 0 Å². The van der Waals surface area contributed by atoms with Crippen LogP contribution in [0, 0.1) is 12.7 Å². The summed E-state index contributed by atoms with van der Waals surface area (Å²) >= 11 is 0. The van der Waals surface area contributed by atoms with Gasteiger partial charge < -0.3 is 10.6 Å². The normalized spacial score (nSPS) is 10.4. The monoisotopic (exact) mass is 244 g/mol. The number of anilines is 3. The number of nitrogen functional groups attached to an aromatic ring is 1.